The predicted octanol–water partition coefficient (Wildman–Crippen LogP) is 2.59. The van der Waals surface area contributed by atoms with Crippen LogP contribution in [0, 0.1) is 5.41 Å². The highest BCUT2D eigenvalue weighted by atomic mass is 16.5. The Bertz CT molecular complexity index is 809. The normalized spacial score (nSPS) is 19.2. The van der Waals surface area contributed by atoms with Gasteiger partial charge in [-0.05, 0) is 54.8 Å². The summed E-state index contributed by atoms with van der Waals surface area (Å²) in [7, 11) is 0. The van der Waals surface area contributed by atoms with E-state index in [1.54, 1.807) is 6.20 Å². The quantitative estimate of drug-likeness (QED) is 0.688. The van der Waals surface area contributed by atoms with Gasteiger partial charge in [0.25, 0.3) is 5.91 Å². The van der Waals surface area contributed by atoms with Crippen molar-refractivity contribution < 1.29 is 14.6 Å². The molecule has 1 amide bonds. The smallest absolute Gasteiger partial charge is 0.272 e. The van der Waals surface area contributed by atoms with Crippen molar-refractivity contribution >= 4 is 5.91 Å². The van der Waals surface area contributed by atoms with E-state index < -0.39 is 6.10 Å². The molecule has 3 heterocycles. The van der Waals surface area contributed by atoms with E-state index >= 15 is 0 Å². The number of hydrogen-bond donors (Lipinski definition) is 2. The first-order valence-corrected chi connectivity index (χ1v) is 10.9. The van der Waals surface area contributed by atoms with Crippen LogP contribution < -0.4 is 5.32 Å². The molecule has 2 fully saturated rings. The Morgan fingerprint density at radius 2 is 1.97 bits per heavy atom. The Hall–Kier alpha value is -2.28. The van der Waals surface area contributed by atoms with Gasteiger partial charge in [-0.1, -0.05) is 36.4 Å². The lowest BCUT2D eigenvalue weighted by atomic mass is 9.78. The van der Waals surface area contributed by atoms with Crippen molar-refractivity contribution in [1.29, 1.82) is 0 Å². The summed E-state index contributed by atoms with van der Waals surface area (Å²) in [4.78, 5) is 19.1. The van der Waals surface area contributed by atoms with Gasteiger partial charge in [0.2, 0.25) is 0 Å². The maximum Gasteiger partial charge on any atom is 0.272 e. The van der Waals surface area contributed by atoms with Gasteiger partial charge < -0.3 is 20.1 Å². The van der Waals surface area contributed by atoms with E-state index in [0.717, 1.165) is 69.7 Å². The van der Waals surface area contributed by atoms with Crippen LogP contribution in [0.1, 0.15) is 47.0 Å². The fourth-order valence-electron chi connectivity index (χ4n) is 4.35. The molecule has 1 atom stereocenters. The van der Waals surface area contributed by atoms with Gasteiger partial charge in [-0.2, -0.15) is 0 Å². The first-order valence-electron chi connectivity index (χ1n) is 10.9. The number of aliphatic hydroxyl groups excluding tert-OH is 1. The van der Waals surface area contributed by atoms with E-state index in [1.165, 1.54) is 0 Å². The third-order valence-electron chi connectivity index (χ3n) is 6.45. The number of piperidine rings is 1. The zero-order chi connectivity index (χ0) is 20.8. The molecule has 1 aromatic carbocycles. The summed E-state index contributed by atoms with van der Waals surface area (Å²) in [5.74, 6) is 0.0272. The molecule has 6 nitrogen and oxygen atoms in total. The summed E-state index contributed by atoms with van der Waals surface area (Å²) in [5, 5.41) is 13.5. The van der Waals surface area contributed by atoms with Crippen LogP contribution in [0.15, 0.2) is 48.7 Å². The molecule has 2 saturated heterocycles. The summed E-state index contributed by atoms with van der Waals surface area (Å²) >= 11 is 0. The second kappa shape index (κ2) is 9.69. The van der Waals surface area contributed by atoms with Crippen molar-refractivity contribution in [3.63, 3.8) is 0 Å². The standard InChI is InChI=1S/C24H31N3O3/c28-22(20-4-2-1-3-5-20)17-25-12-8-19-6-7-21(26-16-19)23(29)27-13-9-24(10-14-27)11-15-30-18-24/h1-7,16,22,25,28H,8-15,17-18H2/t22-/m0/s1. The second-order valence-electron chi connectivity index (χ2n) is 8.53. The average molecular weight is 410 g/mol. The van der Waals surface area contributed by atoms with Crippen molar-refractivity contribution in [3.05, 3.63) is 65.5 Å². The van der Waals surface area contributed by atoms with Crippen molar-refractivity contribution in [2.75, 3.05) is 39.4 Å². The largest absolute Gasteiger partial charge is 0.387 e. The number of hydrogen-bond acceptors (Lipinski definition) is 5. The minimum Gasteiger partial charge on any atom is -0.387 e. The highest BCUT2D eigenvalue weighted by Gasteiger charge is 2.39. The molecule has 2 aliphatic rings. The maximum absolute atomic E-state index is 12.8. The molecule has 2 N–H and O–H groups in total. The van der Waals surface area contributed by atoms with Crippen LogP contribution in [0.5, 0.6) is 0 Å². The van der Waals surface area contributed by atoms with Gasteiger partial charge in [-0.15, -0.1) is 0 Å². The van der Waals surface area contributed by atoms with Gasteiger partial charge in [0, 0.05) is 32.4 Å². The number of carbonyl (C=O) groups is 1. The van der Waals surface area contributed by atoms with Gasteiger partial charge in [-0.3, -0.25) is 9.78 Å². The number of nitrogens with one attached hydrogen (secondary N) is 1. The maximum atomic E-state index is 12.8. The number of aliphatic hydroxyl groups is 1. The van der Waals surface area contributed by atoms with Crippen LogP contribution in [0.3, 0.4) is 0 Å². The average Bonchev–Trinajstić information content (AvgIpc) is 3.25. The van der Waals surface area contributed by atoms with Crippen molar-refractivity contribution in [2.45, 2.75) is 31.8 Å². The van der Waals surface area contributed by atoms with E-state index in [9.17, 15) is 9.90 Å². The number of nitrogens with zero attached hydrogens (tertiary/aromatic N) is 2. The first kappa shape index (κ1) is 21.0. The molecule has 2 aliphatic heterocycles. The molecular formula is C24H31N3O3. The van der Waals surface area contributed by atoms with Crippen molar-refractivity contribution in [2.24, 2.45) is 5.41 Å². The van der Waals surface area contributed by atoms with Crippen LogP contribution >= 0.6 is 0 Å². The molecule has 160 valence electrons. The fraction of sp³-hybridized carbons (Fsp3) is 0.500. The van der Waals surface area contributed by atoms with Gasteiger partial charge in [-0.25, -0.2) is 0 Å². The number of carbonyl (C=O) groups excluding carboxylic acids is 1. The van der Waals surface area contributed by atoms with E-state index in [2.05, 4.69) is 10.3 Å². The molecule has 30 heavy (non-hydrogen) atoms. The Morgan fingerprint density at radius 1 is 1.17 bits per heavy atom. The van der Waals surface area contributed by atoms with Crippen LogP contribution in [0.2, 0.25) is 0 Å². The van der Waals surface area contributed by atoms with Crippen LogP contribution in [-0.2, 0) is 11.2 Å². The predicted molar refractivity (Wildman–Crippen MR) is 115 cm³/mol. The number of likely N-dealkylation sites (tertiary alicyclic amines) is 1. The molecule has 0 unspecified atom stereocenters. The van der Waals surface area contributed by atoms with Gasteiger partial charge >= 0.3 is 0 Å². The van der Waals surface area contributed by atoms with Gasteiger partial charge in [0.15, 0.2) is 0 Å². The van der Waals surface area contributed by atoms with Crippen molar-refractivity contribution in [3.8, 4) is 0 Å². The zero-order valence-corrected chi connectivity index (χ0v) is 17.4. The Kier molecular flexibility index (Phi) is 6.77. The molecule has 0 saturated carbocycles. The van der Waals surface area contributed by atoms with E-state index in [1.807, 2.05) is 47.4 Å². The van der Waals surface area contributed by atoms with Gasteiger partial charge in [0.05, 0.1) is 12.7 Å². The summed E-state index contributed by atoms with van der Waals surface area (Å²) in [6, 6.07) is 13.5. The van der Waals surface area contributed by atoms with Crippen LogP contribution in [-0.4, -0.2) is 60.3 Å². The second-order valence-corrected chi connectivity index (χ2v) is 8.53. The number of amides is 1. The third kappa shape index (κ3) is 5.06. The summed E-state index contributed by atoms with van der Waals surface area (Å²) in [6.07, 6.45) is 5.25. The molecule has 6 heteroatoms. The van der Waals surface area contributed by atoms with E-state index in [4.69, 9.17) is 4.74 Å². The lowest BCUT2D eigenvalue weighted by Gasteiger charge is -2.38. The Balaban J connectivity index is 1.21. The fourth-order valence-corrected chi connectivity index (χ4v) is 4.35. The molecule has 0 radical (unpaired) electrons. The lowest BCUT2D eigenvalue weighted by molar-refractivity contribution is 0.0527. The number of benzene rings is 1. The number of ether oxygens (including phenoxy) is 1. The highest BCUT2D eigenvalue weighted by Crippen LogP contribution is 2.39. The zero-order valence-electron chi connectivity index (χ0n) is 17.4. The molecular weight excluding hydrogens is 378 g/mol. The Labute approximate surface area is 178 Å². The minimum absolute atomic E-state index is 0.0272. The molecule has 1 aromatic heterocycles. The first-order chi connectivity index (χ1) is 14.7. The van der Waals surface area contributed by atoms with Crippen LogP contribution in [0.4, 0.5) is 0 Å². The topological polar surface area (TPSA) is 74.7 Å². The number of aromatic nitrogens is 1. The molecule has 0 aliphatic carbocycles. The van der Waals surface area contributed by atoms with Gasteiger partial charge in [0.1, 0.15) is 5.69 Å². The summed E-state index contributed by atoms with van der Waals surface area (Å²) < 4.78 is 5.57. The summed E-state index contributed by atoms with van der Waals surface area (Å²) in [5.41, 5.74) is 2.81. The highest BCUT2D eigenvalue weighted by molar-refractivity contribution is 5.92. The molecule has 1 spiro atoms. The van der Waals surface area contributed by atoms with E-state index in [-0.39, 0.29) is 5.91 Å². The van der Waals surface area contributed by atoms with E-state index in [0.29, 0.717) is 17.7 Å². The van der Waals surface area contributed by atoms with Crippen LogP contribution in [0.25, 0.3) is 0 Å². The Morgan fingerprint density at radius 3 is 2.63 bits per heavy atom. The number of rotatable bonds is 7. The SMILES string of the molecule is O=C(c1ccc(CCNC[C@H](O)c2ccccc2)cn1)N1CCC2(CCOC2)CC1. The monoisotopic (exact) mass is 409 g/mol. The number of pyridine rings is 1. The van der Waals surface area contributed by atoms with Crippen molar-refractivity contribution in [1.82, 2.24) is 15.2 Å². The third-order valence-corrected chi connectivity index (χ3v) is 6.45. The molecule has 2 aromatic rings. The molecule has 0 bridgehead atoms. The minimum atomic E-state index is -0.510. The lowest BCUT2D eigenvalue weighted by Crippen LogP contribution is -2.43. The molecule has 4 rings (SSSR count). The summed E-state index contributed by atoms with van der Waals surface area (Å²) in [6.45, 7) is 4.54.